The molecule has 0 unspecified atom stereocenters. The van der Waals surface area contributed by atoms with Gasteiger partial charge in [-0.1, -0.05) is 0 Å². The van der Waals surface area contributed by atoms with Crippen molar-refractivity contribution < 1.29 is 136 Å². The molecule has 420 valence electrons. The number of rotatable bonds is 6. The van der Waals surface area contributed by atoms with Crippen LogP contribution in [-0.2, 0) is 0 Å². The number of phenolic OH excluding ortho intramolecular Hbond substituents is 23. The molecule has 1 aliphatic rings. The average Bonchev–Trinajstić information content (AvgIpc) is 3.48. The summed E-state index contributed by atoms with van der Waals surface area (Å²) in [5.41, 5.74) is -1.16. The fourth-order valence-corrected chi connectivity index (χ4v) is 7.43. The van der Waals surface area contributed by atoms with E-state index >= 15 is 0 Å². The molecule has 23 N–H and O–H groups in total. The van der Waals surface area contributed by atoms with Crippen molar-refractivity contribution in [2.75, 3.05) is 0 Å². The molecule has 27 nitrogen and oxygen atoms in total. The monoisotopic (exact) mass is 1120 g/mol. The number of benzene rings is 9. The minimum Gasteiger partial charge on any atom is -0.508 e. The fraction of sp³-hybridized carbons (Fsp3) is 0. The number of fused-ring (bicyclic) bond motifs is 2. The Hall–Kier alpha value is -12.4. The number of ether oxygens (including phenoxy) is 4. The molecule has 81 heavy (non-hydrogen) atoms. The Morgan fingerprint density at radius 3 is 0.667 bits per heavy atom. The first-order chi connectivity index (χ1) is 38.1. The number of aromatic hydroxyl groups is 23. The van der Waals surface area contributed by atoms with Crippen molar-refractivity contribution in [2.45, 2.75) is 0 Å². The van der Waals surface area contributed by atoms with Gasteiger partial charge in [-0.05, 0) is 0 Å². The van der Waals surface area contributed by atoms with Gasteiger partial charge in [0.2, 0.25) is 23.0 Å². The molecule has 0 aliphatic carbocycles. The van der Waals surface area contributed by atoms with E-state index in [1.54, 1.807) is 0 Å². The van der Waals surface area contributed by atoms with Crippen LogP contribution >= 0.6 is 0 Å². The van der Waals surface area contributed by atoms with Gasteiger partial charge in [0.15, 0.2) is 46.0 Å². The molecule has 0 saturated heterocycles. The predicted molar refractivity (Wildman–Crippen MR) is 275 cm³/mol. The average molecular weight is 1120 g/mol. The summed E-state index contributed by atoms with van der Waals surface area (Å²) >= 11 is 0. The predicted octanol–water partition coefficient (Wildman–Crippen LogP) is 8.79. The maximum Gasteiger partial charge on any atom is 0.211 e. The number of hydrogen-bond donors (Lipinski definition) is 23. The highest BCUT2D eigenvalue weighted by atomic mass is 16.6. The van der Waals surface area contributed by atoms with Crippen molar-refractivity contribution in [2.24, 2.45) is 0 Å². The van der Waals surface area contributed by atoms with Gasteiger partial charge in [0.25, 0.3) is 0 Å². The normalized spacial score (nSPS) is 10.8. The molecule has 10 rings (SSSR count). The summed E-state index contributed by atoms with van der Waals surface area (Å²) in [5, 5.41) is 220. The van der Waals surface area contributed by atoms with E-state index in [4.69, 9.17) is 34.3 Å². The van der Waals surface area contributed by atoms with Gasteiger partial charge in [-0.2, -0.15) is 0 Å². The van der Waals surface area contributed by atoms with E-state index in [1.807, 2.05) is 0 Å². The largest absolute Gasteiger partial charge is 0.508 e. The van der Waals surface area contributed by atoms with E-state index in [-0.39, 0.29) is 114 Å². The second kappa shape index (κ2) is 22.4. The van der Waals surface area contributed by atoms with Crippen LogP contribution in [0.1, 0.15) is 0 Å². The number of phenols is 23. The van der Waals surface area contributed by atoms with Crippen LogP contribution < -0.4 is 18.9 Å². The van der Waals surface area contributed by atoms with Gasteiger partial charge in [0.1, 0.15) is 109 Å². The lowest BCUT2D eigenvalue weighted by atomic mass is 10.0. The first-order valence-corrected chi connectivity index (χ1v) is 22.2. The zero-order valence-corrected chi connectivity index (χ0v) is 40.4. The molecular weight excluding hydrogens is 1080 g/mol. The van der Waals surface area contributed by atoms with E-state index < -0.39 is 86.2 Å². The molecule has 9 aromatic carbocycles. The van der Waals surface area contributed by atoms with Crippen LogP contribution in [0.15, 0.2) is 115 Å². The summed E-state index contributed by atoms with van der Waals surface area (Å²) in [5.74, 6) is -10.8. The van der Waals surface area contributed by atoms with Crippen LogP contribution in [0.3, 0.4) is 0 Å². The van der Waals surface area contributed by atoms with Crippen LogP contribution in [0.4, 0.5) is 0 Å². The molecule has 1 aliphatic heterocycles. The third kappa shape index (κ3) is 12.6. The molecule has 0 radical (unpaired) electrons. The summed E-state index contributed by atoms with van der Waals surface area (Å²) in [6.07, 6.45) is 0. The molecule has 0 atom stereocenters. The minimum atomic E-state index is -0.612. The smallest absolute Gasteiger partial charge is 0.211 e. The van der Waals surface area contributed by atoms with E-state index in [0.29, 0.717) is 0 Å². The Labute approximate surface area is 451 Å². The molecule has 27 heteroatoms. The Morgan fingerprint density at radius 1 is 0.198 bits per heavy atom. The lowest BCUT2D eigenvalue weighted by Crippen LogP contribution is -1.99. The van der Waals surface area contributed by atoms with Crippen molar-refractivity contribution in [1.29, 1.82) is 0 Å². The van der Waals surface area contributed by atoms with Crippen LogP contribution in [0.2, 0.25) is 0 Å². The zero-order chi connectivity index (χ0) is 59.5. The second-order valence-electron chi connectivity index (χ2n) is 16.7. The summed E-state index contributed by atoms with van der Waals surface area (Å²) in [7, 11) is 0. The third-order valence-corrected chi connectivity index (χ3v) is 10.7. The third-order valence-electron chi connectivity index (χ3n) is 10.7. The van der Waals surface area contributed by atoms with Crippen molar-refractivity contribution in [1.82, 2.24) is 0 Å². The Morgan fingerprint density at radius 2 is 0.395 bits per heavy atom. The fourth-order valence-electron chi connectivity index (χ4n) is 7.43. The summed E-state index contributed by atoms with van der Waals surface area (Å²) < 4.78 is 21.0. The first-order valence-electron chi connectivity index (χ1n) is 22.2. The molecule has 0 bridgehead atoms. The number of hydrogen-bond acceptors (Lipinski definition) is 27. The van der Waals surface area contributed by atoms with E-state index in [0.717, 1.165) is 91.0 Å². The Balaban J connectivity index is 0.000000159. The Kier molecular flexibility index (Phi) is 15.6. The molecular formula is C54H42O27. The van der Waals surface area contributed by atoms with E-state index in [2.05, 4.69) is 0 Å². The molecule has 9 aromatic rings. The standard InChI is InChI=1S/C18H14O9.C12H8O6.2C12H10O6/c19-7-1-10(21)16(11(22)2-7)17-12(23)5-9(6-13(17)24)27-18-14(25)3-8(20)4-15(18)26;13-5-1-7(15)11-9(3-5)18-12-8(16)2-6(14)4-10(12)17-11;13-6-1-7(14)3-9(2-6)18-12-10(16)4-8(15)5-11(12)17;13-5-1-7(15)11(8(16)2-5)12-9(17)3-6(14)4-10(12)18/h1-6,19-26H;1-4,13-16H;1-5,13-17H;1-4,13-18H. The minimum absolute atomic E-state index is 0.00491. The lowest BCUT2D eigenvalue weighted by Gasteiger charge is -2.22. The van der Waals surface area contributed by atoms with Crippen molar-refractivity contribution in [3.05, 3.63) is 115 Å². The maximum atomic E-state index is 10.2. The van der Waals surface area contributed by atoms with Crippen molar-refractivity contribution in [3.63, 3.8) is 0 Å². The van der Waals surface area contributed by atoms with E-state index in [9.17, 15) is 102 Å². The SMILES string of the molecule is Oc1cc(O)c(-c2c(O)cc(O)cc2O)c(O)c1.Oc1cc(O)c(Oc2cc(O)c(-c3c(O)cc(O)cc3O)c(O)c2)c(O)c1.Oc1cc(O)c2c(c1)Oc1c(O)cc(O)cc1O2.Oc1cc(O)cc(Oc2c(O)cc(O)cc2O)c1. The summed E-state index contributed by atoms with van der Waals surface area (Å²) in [6.45, 7) is 0. The van der Waals surface area contributed by atoms with Gasteiger partial charge in [0, 0.05) is 115 Å². The van der Waals surface area contributed by atoms with E-state index in [1.165, 1.54) is 24.3 Å². The first kappa shape index (κ1) is 56.3. The quantitative estimate of drug-likeness (QED) is 0.0739. The van der Waals surface area contributed by atoms with Gasteiger partial charge >= 0.3 is 0 Å². The van der Waals surface area contributed by atoms with Crippen molar-refractivity contribution >= 4 is 0 Å². The van der Waals surface area contributed by atoms with Crippen LogP contribution in [0.25, 0.3) is 22.3 Å². The second-order valence-corrected chi connectivity index (χ2v) is 16.7. The van der Waals surface area contributed by atoms with Crippen LogP contribution in [-0.4, -0.2) is 117 Å². The highest BCUT2D eigenvalue weighted by Gasteiger charge is 2.27. The topological polar surface area (TPSA) is 502 Å². The maximum absolute atomic E-state index is 10.2. The summed E-state index contributed by atoms with van der Waals surface area (Å²) in [6, 6.07) is 19.5. The van der Waals surface area contributed by atoms with Gasteiger partial charge in [-0.15, -0.1) is 0 Å². The van der Waals surface area contributed by atoms with Gasteiger partial charge < -0.3 is 136 Å². The molecule has 0 spiro atoms. The Bertz CT molecular complexity index is 3590. The van der Waals surface area contributed by atoms with Gasteiger partial charge in [-0.25, -0.2) is 0 Å². The molecule has 0 aromatic heterocycles. The molecule has 1 heterocycles. The highest BCUT2D eigenvalue weighted by molar-refractivity contribution is 5.87. The molecule has 0 amide bonds. The zero-order valence-electron chi connectivity index (χ0n) is 40.4. The van der Waals surface area contributed by atoms with Crippen LogP contribution in [0.5, 0.6) is 178 Å². The molecule has 0 fully saturated rings. The van der Waals surface area contributed by atoms with Gasteiger partial charge in [0.05, 0.1) is 22.3 Å². The highest BCUT2D eigenvalue weighted by Crippen LogP contribution is 2.56. The molecule has 0 saturated carbocycles. The lowest BCUT2D eigenvalue weighted by molar-refractivity contribution is 0.315. The van der Waals surface area contributed by atoms with Gasteiger partial charge in [-0.3, -0.25) is 0 Å². The summed E-state index contributed by atoms with van der Waals surface area (Å²) in [4.78, 5) is 0. The van der Waals surface area contributed by atoms with Crippen molar-refractivity contribution in [3.8, 4) is 200 Å². The van der Waals surface area contributed by atoms with Crippen LogP contribution in [0, 0.1) is 0 Å².